The molecular weight excluding hydrogens is 375 g/mol. The largest absolute Gasteiger partial charge is 0.354 e. The zero-order valence-electron chi connectivity index (χ0n) is 13.7. The van der Waals surface area contributed by atoms with Crippen LogP contribution in [0.3, 0.4) is 0 Å². The molecule has 0 aliphatic carbocycles. The topological polar surface area (TPSA) is 71.2 Å². The van der Waals surface area contributed by atoms with Crippen molar-refractivity contribution in [1.29, 1.82) is 0 Å². The second-order valence-corrected chi connectivity index (χ2v) is 7.36. The van der Waals surface area contributed by atoms with Crippen LogP contribution in [-0.4, -0.2) is 37.1 Å². The molecule has 0 aliphatic rings. The van der Waals surface area contributed by atoms with Gasteiger partial charge in [-0.15, -0.1) is 36.2 Å². The molecule has 9 heteroatoms. The number of fused-ring (bicyclic) bond motifs is 1. The van der Waals surface area contributed by atoms with E-state index in [4.69, 9.17) is 5.73 Å². The summed E-state index contributed by atoms with van der Waals surface area (Å²) in [6.07, 6.45) is 1.66. The van der Waals surface area contributed by atoms with E-state index in [-0.39, 0.29) is 36.3 Å². The number of thiazole rings is 1. The average molecular weight is 399 g/mol. The zero-order valence-corrected chi connectivity index (χ0v) is 17.0. The predicted molar refractivity (Wildman–Crippen MR) is 106 cm³/mol. The van der Waals surface area contributed by atoms with E-state index in [1.807, 2.05) is 25.1 Å². The molecule has 23 heavy (non-hydrogen) atoms. The van der Waals surface area contributed by atoms with E-state index in [1.165, 1.54) is 11.3 Å². The number of nitrogens with zero attached hydrogens (tertiary/aromatic N) is 2. The number of nitrogens with one attached hydrogen (secondary N) is 1. The van der Waals surface area contributed by atoms with E-state index in [0.29, 0.717) is 11.4 Å². The number of aromatic nitrogens is 1. The SMILES string of the molecule is CCC(CC)(CN)NC(=O)c1cc2sc(N(C)C)nc2s1.Cl.Cl. The Morgan fingerprint density at radius 3 is 2.35 bits per heavy atom. The van der Waals surface area contributed by atoms with Crippen LogP contribution < -0.4 is 16.0 Å². The van der Waals surface area contributed by atoms with Crippen molar-refractivity contribution in [3.05, 3.63) is 10.9 Å². The van der Waals surface area contributed by atoms with Crippen LogP contribution >= 0.6 is 47.5 Å². The molecule has 0 bridgehead atoms. The third-order valence-corrected chi connectivity index (χ3v) is 6.13. The molecule has 0 aromatic carbocycles. The third-order valence-electron chi connectivity index (χ3n) is 3.81. The minimum absolute atomic E-state index is 0. The Morgan fingerprint density at radius 2 is 1.91 bits per heavy atom. The molecule has 3 N–H and O–H groups in total. The molecule has 2 rings (SSSR count). The van der Waals surface area contributed by atoms with Crippen LogP contribution in [0.1, 0.15) is 36.4 Å². The summed E-state index contributed by atoms with van der Waals surface area (Å²) in [6.45, 7) is 4.55. The molecule has 5 nitrogen and oxygen atoms in total. The van der Waals surface area contributed by atoms with E-state index in [9.17, 15) is 4.79 Å². The summed E-state index contributed by atoms with van der Waals surface area (Å²) in [5.74, 6) is -0.0502. The Kier molecular flexibility index (Phi) is 8.80. The van der Waals surface area contributed by atoms with Crippen molar-refractivity contribution in [1.82, 2.24) is 10.3 Å². The first kappa shape index (κ1) is 22.4. The van der Waals surface area contributed by atoms with Gasteiger partial charge in [0.15, 0.2) is 5.13 Å². The van der Waals surface area contributed by atoms with Gasteiger partial charge in [0.05, 0.1) is 15.1 Å². The standard InChI is InChI=1S/C14H22N4OS2.2ClH/c1-5-14(6-2,8-15)17-11(19)9-7-10-12(20-9)16-13(21-10)18(3)4;;/h7H,5-6,8,15H2,1-4H3,(H,17,19);2*1H. The summed E-state index contributed by atoms with van der Waals surface area (Å²) in [5.41, 5.74) is 5.53. The van der Waals surface area contributed by atoms with Crippen molar-refractivity contribution in [2.75, 3.05) is 25.5 Å². The quantitative estimate of drug-likeness (QED) is 0.780. The number of carbonyl (C=O) groups is 1. The Bertz CT molecular complexity index is 598. The third kappa shape index (κ3) is 4.70. The summed E-state index contributed by atoms with van der Waals surface area (Å²) in [6, 6.07) is 1.92. The number of thiophene rings is 1. The lowest BCUT2D eigenvalue weighted by molar-refractivity contribution is 0.0899. The molecule has 2 heterocycles. The summed E-state index contributed by atoms with van der Waals surface area (Å²) >= 11 is 3.03. The Balaban J connectivity index is 0.00000242. The number of amides is 1. The highest BCUT2D eigenvalue weighted by Crippen LogP contribution is 2.34. The molecule has 1 amide bonds. The molecule has 0 unspecified atom stereocenters. The van der Waals surface area contributed by atoms with Gasteiger partial charge < -0.3 is 16.0 Å². The van der Waals surface area contributed by atoms with Crippen molar-refractivity contribution in [3.8, 4) is 0 Å². The summed E-state index contributed by atoms with van der Waals surface area (Å²) in [4.78, 5) is 20.6. The van der Waals surface area contributed by atoms with Crippen molar-refractivity contribution in [3.63, 3.8) is 0 Å². The highest BCUT2D eigenvalue weighted by atomic mass is 35.5. The predicted octanol–water partition coefficient (Wildman–Crippen LogP) is 3.51. The van der Waals surface area contributed by atoms with Gasteiger partial charge >= 0.3 is 0 Å². The molecule has 0 radical (unpaired) electrons. The number of halogens is 2. The van der Waals surface area contributed by atoms with E-state index in [1.54, 1.807) is 11.3 Å². The molecule has 2 aromatic heterocycles. The van der Waals surface area contributed by atoms with Crippen molar-refractivity contribution in [2.24, 2.45) is 5.73 Å². The fourth-order valence-electron chi connectivity index (χ4n) is 2.10. The highest BCUT2D eigenvalue weighted by molar-refractivity contribution is 7.29. The number of carbonyl (C=O) groups excluding carboxylic acids is 1. The average Bonchev–Trinajstić information content (AvgIpc) is 3.03. The van der Waals surface area contributed by atoms with Crippen LogP contribution in [0.25, 0.3) is 9.53 Å². The summed E-state index contributed by atoms with van der Waals surface area (Å²) in [5, 5.41) is 4.06. The summed E-state index contributed by atoms with van der Waals surface area (Å²) in [7, 11) is 3.93. The van der Waals surface area contributed by atoms with E-state index in [0.717, 1.165) is 27.5 Å². The molecule has 0 spiro atoms. The van der Waals surface area contributed by atoms with Crippen molar-refractivity contribution >= 4 is 68.1 Å². The Morgan fingerprint density at radius 1 is 1.30 bits per heavy atom. The van der Waals surface area contributed by atoms with Crippen LogP contribution in [0, 0.1) is 0 Å². The molecule has 0 saturated carbocycles. The number of nitrogens with two attached hydrogens (primary N) is 1. The van der Waals surface area contributed by atoms with Crippen LogP contribution in [0.5, 0.6) is 0 Å². The smallest absolute Gasteiger partial charge is 0.261 e. The molecule has 0 atom stereocenters. The lowest BCUT2D eigenvalue weighted by Crippen LogP contribution is -2.52. The van der Waals surface area contributed by atoms with Gasteiger partial charge in [-0.05, 0) is 18.9 Å². The molecule has 0 fully saturated rings. The monoisotopic (exact) mass is 398 g/mol. The maximum absolute atomic E-state index is 12.4. The Hall–Kier alpha value is -0.600. The molecule has 132 valence electrons. The summed E-state index contributed by atoms with van der Waals surface area (Å²) < 4.78 is 1.06. The minimum atomic E-state index is -0.309. The second kappa shape index (κ2) is 9.03. The van der Waals surface area contributed by atoms with E-state index >= 15 is 0 Å². The van der Waals surface area contributed by atoms with Crippen LogP contribution in [0.2, 0.25) is 0 Å². The first-order valence-corrected chi connectivity index (χ1v) is 8.68. The minimum Gasteiger partial charge on any atom is -0.354 e. The first-order valence-electron chi connectivity index (χ1n) is 7.05. The van der Waals surface area contributed by atoms with Gasteiger partial charge in [0.2, 0.25) is 0 Å². The van der Waals surface area contributed by atoms with Crippen molar-refractivity contribution in [2.45, 2.75) is 32.2 Å². The molecule has 0 saturated heterocycles. The number of anilines is 1. The first-order chi connectivity index (χ1) is 9.94. The van der Waals surface area contributed by atoms with Gasteiger partial charge in [0.25, 0.3) is 5.91 Å². The van der Waals surface area contributed by atoms with Crippen molar-refractivity contribution < 1.29 is 4.79 Å². The van der Waals surface area contributed by atoms with Gasteiger partial charge in [-0.2, -0.15) is 0 Å². The highest BCUT2D eigenvalue weighted by Gasteiger charge is 2.27. The zero-order chi connectivity index (χ0) is 15.6. The maximum Gasteiger partial charge on any atom is 0.261 e. The fourth-order valence-corrected chi connectivity index (χ4v) is 4.12. The lowest BCUT2D eigenvalue weighted by Gasteiger charge is -2.31. The van der Waals surface area contributed by atoms with Crippen LogP contribution in [-0.2, 0) is 0 Å². The van der Waals surface area contributed by atoms with Gasteiger partial charge in [-0.3, -0.25) is 4.79 Å². The van der Waals surface area contributed by atoms with E-state index in [2.05, 4.69) is 24.1 Å². The number of rotatable bonds is 6. The fraction of sp³-hybridized carbons (Fsp3) is 0.571. The van der Waals surface area contributed by atoms with Gasteiger partial charge in [0, 0.05) is 20.6 Å². The second-order valence-electron chi connectivity index (χ2n) is 5.32. The van der Waals surface area contributed by atoms with Gasteiger partial charge in [0.1, 0.15) is 4.83 Å². The van der Waals surface area contributed by atoms with Gasteiger partial charge in [-0.25, -0.2) is 4.98 Å². The Labute approximate surface area is 157 Å². The maximum atomic E-state index is 12.4. The normalized spacial score (nSPS) is 10.8. The molecule has 2 aromatic rings. The van der Waals surface area contributed by atoms with Gasteiger partial charge in [-0.1, -0.05) is 25.2 Å². The number of hydrogen-bond acceptors (Lipinski definition) is 6. The molecular formula is C14H24Cl2N4OS2. The van der Waals surface area contributed by atoms with Crippen LogP contribution in [0.4, 0.5) is 5.13 Å². The molecule has 0 aliphatic heterocycles. The number of hydrogen-bond donors (Lipinski definition) is 2. The van der Waals surface area contributed by atoms with Crippen LogP contribution in [0.15, 0.2) is 6.07 Å². The lowest BCUT2D eigenvalue weighted by atomic mass is 9.93. The van der Waals surface area contributed by atoms with E-state index < -0.39 is 0 Å².